The quantitative estimate of drug-likeness (QED) is 0.927. The molecule has 0 spiro atoms. The maximum Gasteiger partial charge on any atom is 0.143 e. The van der Waals surface area contributed by atoms with E-state index in [0.29, 0.717) is 12.2 Å². The van der Waals surface area contributed by atoms with Crippen LogP contribution >= 0.6 is 15.9 Å². The largest absolute Gasteiger partial charge is 0.381 e. The van der Waals surface area contributed by atoms with Gasteiger partial charge < -0.3 is 5.32 Å². The molecule has 0 unspecified atom stereocenters. The van der Waals surface area contributed by atoms with Crippen molar-refractivity contribution in [2.24, 2.45) is 0 Å². The third kappa shape index (κ3) is 3.08. The summed E-state index contributed by atoms with van der Waals surface area (Å²) in [4.78, 5) is 0. The number of halogens is 2. The lowest BCUT2D eigenvalue weighted by Gasteiger charge is -2.07. The summed E-state index contributed by atoms with van der Waals surface area (Å²) < 4.78 is 14.4. The lowest BCUT2D eigenvalue weighted by Crippen LogP contribution is -2.00. The van der Waals surface area contributed by atoms with E-state index in [4.69, 9.17) is 5.26 Å². The second kappa shape index (κ2) is 5.65. The minimum absolute atomic E-state index is 0.0594. The average molecular weight is 305 g/mol. The molecule has 0 aliphatic carbocycles. The minimum Gasteiger partial charge on any atom is -0.381 e. The molecule has 90 valence electrons. The predicted molar refractivity (Wildman–Crippen MR) is 72.6 cm³/mol. The summed E-state index contributed by atoms with van der Waals surface area (Å²) in [5, 5.41) is 11.7. The fraction of sp³-hybridized carbons (Fsp3) is 0.0714. The van der Waals surface area contributed by atoms with Gasteiger partial charge in [-0.15, -0.1) is 0 Å². The topological polar surface area (TPSA) is 35.8 Å². The van der Waals surface area contributed by atoms with E-state index >= 15 is 0 Å². The molecular formula is C14H10BrFN2. The number of hydrogen-bond donors (Lipinski definition) is 1. The Morgan fingerprint density at radius 3 is 2.50 bits per heavy atom. The normalized spacial score (nSPS) is 9.83. The number of rotatable bonds is 3. The van der Waals surface area contributed by atoms with E-state index in [1.54, 1.807) is 12.1 Å². The Balaban J connectivity index is 2.04. The first kappa shape index (κ1) is 12.6. The summed E-state index contributed by atoms with van der Waals surface area (Å²) in [6.07, 6.45) is 0. The van der Waals surface area contributed by atoms with Crippen LogP contribution in [0.5, 0.6) is 0 Å². The first-order valence-electron chi connectivity index (χ1n) is 5.37. The maximum absolute atomic E-state index is 13.4. The molecule has 2 nitrogen and oxygen atoms in total. The molecule has 2 rings (SSSR count). The van der Waals surface area contributed by atoms with E-state index in [2.05, 4.69) is 21.2 Å². The van der Waals surface area contributed by atoms with E-state index in [0.717, 1.165) is 10.0 Å². The molecule has 0 aromatic heterocycles. The highest BCUT2D eigenvalue weighted by Gasteiger charge is 2.02. The van der Waals surface area contributed by atoms with Crippen LogP contribution in [0, 0.1) is 17.1 Å². The third-order valence-electron chi connectivity index (χ3n) is 2.50. The molecule has 0 amide bonds. The van der Waals surface area contributed by atoms with Gasteiger partial charge in [-0.1, -0.05) is 28.1 Å². The van der Waals surface area contributed by atoms with Gasteiger partial charge in [0.25, 0.3) is 0 Å². The average Bonchev–Trinajstić information content (AvgIpc) is 2.38. The smallest absolute Gasteiger partial charge is 0.143 e. The summed E-state index contributed by atoms with van der Waals surface area (Å²) in [7, 11) is 0. The monoisotopic (exact) mass is 304 g/mol. The zero-order chi connectivity index (χ0) is 13.0. The van der Waals surface area contributed by atoms with E-state index in [1.807, 2.05) is 24.3 Å². The Bertz CT molecular complexity index is 588. The molecule has 0 saturated carbocycles. The van der Waals surface area contributed by atoms with Gasteiger partial charge in [0.1, 0.15) is 11.9 Å². The molecule has 0 aliphatic rings. The molecule has 0 radical (unpaired) electrons. The number of anilines is 1. The van der Waals surface area contributed by atoms with Crippen LogP contribution in [0.3, 0.4) is 0 Å². The van der Waals surface area contributed by atoms with Crippen LogP contribution in [0.15, 0.2) is 46.9 Å². The van der Waals surface area contributed by atoms with Crippen molar-refractivity contribution in [1.29, 1.82) is 5.26 Å². The van der Waals surface area contributed by atoms with Gasteiger partial charge in [0.05, 0.1) is 5.56 Å². The summed E-state index contributed by atoms with van der Waals surface area (Å²) in [6, 6.07) is 14.2. The van der Waals surface area contributed by atoms with Crippen LogP contribution < -0.4 is 5.32 Å². The highest BCUT2D eigenvalue weighted by atomic mass is 79.9. The van der Waals surface area contributed by atoms with E-state index in [-0.39, 0.29) is 5.56 Å². The van der Waals surface area contributed by atoms with Gasteiger partial charge in [0.2, 0.25) is 0 Å². The predicted octanol–water partition coefficient (Wildman–Crippen LogP) is 4.07. The zero-order valence-corrected chi connectivity index (χ0v) is 11.0. The van der Waals surface area contributed by atoms with Crippen molar-refractivity contribution in [3.05, 3.63) is 63.9 Å². The van der Waals surface area contributed by atoms with Crippen molar-refractivity contribution in [3.63, 3.8) is 0 Å². The molecule has 2 aromatic rings. The molecule has 18 heavy (non-hydrogen) atoms. The number of benzene rings is 2. The molecular weight excluding hydrogens is 295 g/mol. The van der Waals surface area contributed by atoms with E-state index in [1.165, 1.54) is 12.1 Å². The second-order valence-electron chi connectivity index (χ2n) is 3.79. The molecule has 0 aliphatic heterocycles. The molecule has 1 N–H and O–H groups in total. The zero-order valence-electron chi connectivity index (χ0n) is 9.45. The first-order chi connectivity index (χ1) is 8.69. The van der Waals surface area contributed by atoms with E-state index < -0.39 is 5.82 Å². The lowest BCUT2D eigenvalue weighted by molar-refractivity contribution is 0.624. The molecule has 0 atom stereocenters. The number of hydrogen-bond acceptors (Lipinski definition) is 2. The molecule has 4 heteroatoms. The molecule has 0 heterocycles. The van der Waals surface area contributed by atoms with Gasteiger partial charge in [-0.25, -0.2) is 4.39 Å². The third-order valence-corrected chi connectivity index (χ3v) is 3.03. The molecule has 0 saturated heterocycles. The van der Waals surface area contributed by atoms with Crippen molar-refractivity contribution in [2.45, 2.75) is 6.54 Å². The van der Waals surface area contributed by atoms with Crippen LogP contribution in [0.4, 0.5) is 10.1 Å². The minimum atomic E-state index is -0.502. The number of nitrogens with one attached hydrogen (secondary N) is 1. The van der Waals surface area contributed by atoms with Crippen LogP contribution in [0.25, 0.3) is 0 Å². The summed E-state index contributed by atoms with van der Waals surface area (Å²) in [5.74, 6) is -0.502. The van der Waals surface area contributed by atoms with Gasteiger partial charge in [-0.05, 0) is 35.9 Å². The van der Waals surface area contributed by atoms with Gasteiger partial charge in [-0.2, -0.15) is 5.26 Å². The highest BCUT2D eigenvalue weighted by Crippen LogP contribution is 2.16. The number of nitriles is 1. The Hall–Kier alpha value is -1.86. The standard InChI is InChI=1S/C14H10BrFN2/c15-12-4-1-10(2-5-12)9-18-13-6-3-11(8-17)14(16)7-13/h1-7,18H,9H2. The molecule has 0 bridgehead atoms. The van der Waals surface area contributed by atoms with Crippen LogP contribution in [-0.2, 0) is 6.54 Å². The number of nitrogens with zero attached hydrogens (tertiary/aromatic N) is 1. The van der Waals surface area contributed by atoms with Crippen LogP contribution in [0.1, 0.15) is 11.1 Å². The summed E-state index contributed by atoms with van der Waals surface area (Å²) in [6.45, 7) is 0.610. The highest BCUT2D eigenvalue weighted by molar-refractivity contribution is 9.10. The van der Waals surface area contributed by atoms with Crippen molar-refractivity contribution in [2.75, 3.05) is 5.32 Å². The summed E-state index contributed by atoms with van der Waals surface area (Å²) in [5.41, 5.74) is 1.82. The molecule has 2 aromatic carbocycles. The SMILES string of the molecule is N#Cc1ccc(NCc2ccc(Br)cc2)cc1F. The van der Waals surface area contributed by atoms with Gasteiger partial charge in [0, 0.05) is 16.7 Å². The fourth-order valence-corrected chi connectivity index (χ4v) is 1.79. The second-order valence-corrected chi connectivity index (χ2v) is 4.70. The Morgan fingerprint density at radius 1 is 1.17 bits per heavy atom. The Morgan fingerprint density at radius 2 is 1.89 bits per heavy atom. The van der Waals surface area contributed by atoms with Gasteiger partial charge in [-0.3, -0.25) is 0 Å². The van der Waals surface area contributed by atoms with Gasteiger partial charge in [0.15, 0.2) is 0 Å². The Kier molecular flexibility index (Phi) is 3.96. The lowest BCUT2D eigenvalue weighted by atomic mass is 10.2. The van der Waals surface area contributed by atoms with Gasteiger partial charge >= 0.3 is 0 Å². The van der Waals surface area contributed by atoms with Crippen molar-refractivity contribution in [1.82, 2.24) is 0 Å². The Labute approximate surface area is 113 Å². The van der Waals surface area contributed by atoms with Crippen molar-refractivity contribution >= 4 is 21.6 Å². The van der Waals surface area contributed by atoms with Crippen molar-refractivity contribution in [3.8, 4) is 6.07 Å². The van der Waals surface area contributed by atoms with Crippen molar-refractivity contribution < 1.29 is 4.39 Å². The molecule has 0 fully saturated rings. The van der Waals surface area contributed by atoms with Crippen LogP contribution in [0.2, 0.25) is 0 Å². The van der Waals surface area contributed by atoms with Crippen LogP contribution in [-0.4, -0.2) is 0 Å². The summed E-state index contributed by atoms with van der Waals surface area (Å²) >= 11 is 3.37. The fourth-order valence-electron chi connectivity index (χ4n) is 1.52. The maximum atomic E-state index is 13.4. The van der Waals surface area contributed by atoms with E-state index in [9.17, 15) is 4.39 Å². The first-order valence-corrected chi connectivity index (χ1v) is 6.16.